The average molecular weight is 317 g/mol. The first-order valence-corrected chi connectivity index (χ1v) is 8.94. The van der Waals surface area contributed by atoms with Gasteiger partial charge in [0.05, 0.1) is 5.69 Å². The second-order valence-corrected chi connectivity index (χ2v) is 6.72. The van der Waals surface area contributed by atoms with Crippen molar-refractivity contribution in [1.29, 1.82) is 0 Å². The van der Waals surface area contributed by atoms with Gasteiger partial charge in [-0.1, -0.05) is 0 Å². The second-order valence-electron chi connectivity index (χ2n) is 5.84. The number of nitrogens with zero attached hydrogens (tertiary/aromatic N) is 2. The highest BCUT2D eigenvalue weighted by molar-refractivity contribution is 7.98. The highest BCUT2D eigenvalue weighted by Crippen LogP contribution is 2.25. The summed E-state index contributed by atoms with van der Waals surface area (Å²) in [5, 5.41) is 3.47. The standard InChI is InChI=1S/C17H23N3OS/c1-12-10-20(9-8-18-12)11-16-13(2)21-17(19-16)14-4-6-15(22-3)7-5-14/h4-7,12,18H,8-11H2,1-3H3. The van der Waals surface area contributed by atoms with E-state index in [0.717, 1.165) is 49.1 Å². The number of hydrogen-bond donors (Lipinski definition) is 1. The van der Waals surface area contributed by atoms with E-state index >= 15 is 0 Å². The fraction of sp³-hybridized carbons (Fsp3) is 0.471. The smallest absolute Gasteiger partial charge is 0.226 e. The van der Waals surface area contributed by atoms with E-state index in [-0.39, 0.29) is 0 Å². The van der Waals surface area contributed by atoms with Crippen LogP contribution in [0.3, 0.4) is 0 Å². The van der Waals surface area contributed by atoms with Crippen molar-refractivity contribution in [2.45, 2.75) is 31.3 Å². The predicted octanol–water partition coefficient (Wildman–Crippen LogP) is 3.17. The minimum Gasteiger partial charge on any atom is -0.441 e. The van der Waals surface area contributed by atoms with Gasteiger partial charge in [-0.15, -0.1) is 11.8 Å². The molecular weight excluding hydrogens is 294 g/mol. The minimum atomic E-state index is 0.541. The van der Waals surface area contributed by atoms with Crippen LogP contribution in [0.15, 0.2) is 33.6 Å². The summed E-state index contributed by atoms with van der Waals surface area (Å²) < 4.78 is 5.88. The average Bonchev–Trinajstić information content (AvgIpc) is 2.88. The Balaban J connectivity index is 1.75. The van der Waals surface area contributed by atoms with Gasteiger partial charge in [-0.25, -0.2) is 4.98 Å². The normalized spacial score (nSPS) is 19.5. The minimum absolute atomic E-state index is 0.541. The van der Waals surface area contributed by atoms with Crippen molar-refractivity contribution < 1.29 is 4.42 Å². The van der Waals surface area contributed by atoms with E-state index in [1.54, 1.807) is 11.8 Å². The lowest BCUT2D eigenvalue weighted by Gasteiger charge is -2.31. The van der Waals surface area contributed by atoms with Gasteiger partial charge >= 0.3 is 0 Å². The van der Waals surface area contributed by atoms with Gasteiger partial charge in [0, 0.05) is 42.7 Å². The lowest BCUT2D eigenvalue weighted by molar-refractivity contribution is 0.197. The number of rotatable bonds is 4. The number of aromatic nitrogens is 1. The molecule has 2 aromatic rings. The molecule has 0 radical (unpaired) electrons. The van der Waals surface area contributed by atoms with E-state index in [4.69, 9.17) is 9.40 Å². The van der Waals surface area contributed by atoms with Gasteiger partial charge in [0.1, 0.15) is 5.76 Å². The molecule has 1 aromatic carbocycles. The van der Waals surface area contributed by atoms with Crippen LogP contribution >= 0.6 is 11.8 Å². The van der Waals surface area contributed by atoms with E-state index in [2.05, 4.69) is 47.7 Å². The fourth-order valence-corrected chi connectivity index (χ4v) is 3.21. The van der Waals surface area contributed by atoms with Gasteiger partial charge in [-0.05, 0) is 44.4 Å². The third kappa shape index (κ3) is 3.54. The zero-order valence-corrected chi connectivity index (χ0v) is 14.2. The summed E-state index contributed by atoms with van der Waals surface area (Å²) in [5.74, 6) is 1.65. The van der Waals surface area contributed by atoms with Crippen LogP contribution < -0.4 is 5.32 Å². The summed E-state index contributed by atoms with van der Waals surface area (Å²) in [6.07, 6.45) is 2.08. The maximum Gasteiger partial charge on any atom is 0.226 e. The van der Waals surface area contributed by atoms with E-state index < -0.39 is 0 Å². The topological polar surface area (TPSA) is 41.3 Å². The lowest BCUT2D eigenvalue weighted by Crippen LogP contribution is -2.48. The van der Waals surface area contributed by atoms with Crippen molar-refractivity contribution >= 4 is 11.8 Å². The number of hydrogen-bond acceptors (Lipinski definition) is 5. The molecule has 118 valence electrons. The molecule has 3 rings (SSSR count). The number of oxazole rings is 1. The molecule has 2 heterocycles. The van der Waals surface area contributed by atoms with E-state index in [9.17, 15) is 0 Å². The summed E-state index contributed by atoms with van der Waals surface area (Å²) >= 11 is 1.74. The first-order chi connectivity index (χ1) is 10.7. The van der Waals surface area contributed by atoms with Gasteiger partial charge in [0.25, 0.3) is 0 Å². The van der Waals surface area contributed by atoms with Crippen LogP contribution in [0.4, 0.5) is 0 Å². The molecule has 22 heavy (non-hydrogen) atoms. The van der Waals surface area contributed by atoms with Crippen LogP contribution in [0.1, 0.15) is 18.4 Å². The molecule has 0 saturated carbocycles. The van der Waals surface area contributed by atoms with Gasteiger partial charge in [0.15, 0.2) is 0 Å². The molecule has 0 bridgehead atoms. The molecule has 1 saturated heterocycles. The summed E-state index contributed by atoms with van der Waals surface area (Å²) in [6, 6.07) is 8.91. The molecule has 4 nitrogen and oxygen atoms in total. The van der Waals surface area contributed by atoms with E-state index in [1.165, 1.54) is 4.90 Å². The molecule has 1 unspecified atom stereocenters. The molecule has 1 atom stereocenters. The van der Waals surface area contributed by atoms with Crippen molar-refractivity contribution in [1.82, 2.24) is 15.2 Å². The molecule has 1 aliphatic heterocycles. The number of nitrogens with one attached hydrogen (secondary N) is 1. The zero-order chi connectivity index (χ0) is 15.5. The number of aryl methyl sites for hydroxylation is 1. The van der Waals surface area contributed by atoms with Crippen molar-refractivity contribution in [2.24, 2.45) is 0 Å². The third-order valence-electron chi connectivity index (χ3n) is 4.06. The monoisotopic (exact) mass is 317 g/mol. The Kier molecular flexibility index (Phi) is 4.86. The predicted molar refractivity (Wildman–Crippen MR) is 91.2 cm³/mol. The van der Waals surface area contributed by atoms with Gasteiger partial charge < -0.3 is 9.73 Å². The van der Waals surface area contributed by atoms with Gasteiger partial charge in [0.2, 0.25) is 5.89 Å². The Morgan fingerprint density at radius 3 is 2.82 bits per heavy atom. The van der Waals surface area contributed by atoms with Gasteiger partial charge in [-0.3, -0.25) is 4.90 Å². The molecule has 1 N–H and O–H groups in total. The Morgan fingerprint density at radius 2 is 2.14 bits per heavy atom. The first-order valence-electron chi connectivity index (χ1n) is 7.72. The second kappa shape index (κ2) is 6.86. The van der Waals surface area contributed by atoms with Gasteiger partial charge in [-0.2, -0.15) is 0 Å². The Morgan fingerprint density at radius 1 is 1.36 bits per heavy atom. The van der Waals surface area contributed by atoms with Crippen LogP contribution in [-0.2, 0) is 6.54 Å². The molecule has 1 aliphatic rings. The van der Waals surface area contributed by atoms with Crippen molar-refractivity contribution in [3.05, 3.63) is 35.7 Å². The summed E-state index contributed by atoms with van der Waals surface area (Å²) in [4.78, 5) is 8.41. The largest absolute Gasteiger partial charge is 0.441 e. The molecular formula is C17H23N3OS. The summed E-state index contributed by atoms with van der Waals surface area (Å²) in [6.45, 7) is 8.26. The first kappa shape index (κ1) is 15.6. The molecule has 1 fully saturated rings. The van der Waals surface area contributed by atoms with Crippen LogP contribution in [0.2, 0.25) is 0 Å². The number of piperazine rings is 1. The Labute approximate surface area is 136 Å². The molecule has 1 aromatic heterocycles. The summed E-state index contributed by atoms with van der Waals surface area (Å²) in [5.41, 5.74) is 2.10. The van der Waals surface area contributed by atoms with Crippen LogP contribution in [-0.4, -0.2) is 41.8 Å². The number of thioether (sulfide) groups is 1. The molecule has 5 heteroatoms. The highest BCUT2D eigenvalue weighted by atomic mass is 32.2. The van der Waals surface area contributed by atoms with Crippen LogP contribution in [0.5, 0.6) is 0 Å². The van der Waals surface area contributed by atoms with Crippen molar-refractivity contribution in [2.75, 3.05) is 25.9 Å². The van der Waals surface area contributed by atoms with Crippen molar-refractivity contribution in [3.8, 4) is 11.5 Å². The van der Waals surface area contributed by atoms with E-state index in [0.29, 0.717) is 6.04 Å². The number of benzene rings is 1. The summed E-state index contributed by atoms with van der Waals surface area (Å²) in [7, 11) is 0. The maximum absolute atomic E-state index is 5.88. The fourth-order valence-electron chi connectivity index (χ4n) is 2.80. The van der Waals surface area contributed by atoms with Crippen LogP contribution in [0.25, 0.3) is 11.5 Å². The highest BCUT2D eigenvalue weighted by Gasteiger charge is 2.19. The molecule has 0 amide bonds. The SMILES string of the molecule is CSc1ccc(-c2nc(CN3CCNC(C)C3)c(C)o2)cc1. The maximum atomic E-state index is 5.88. The van der Waals surface area contributed by atoms with Crippen LogP contribution in [0, 0.1) is 6.92 Å². The molecule has 0 spiro atoms. The van der Waals surface area contributed by atoms with Crippen molar-refractivity contribution in [3.63, 3.8) is 0 Å². The lowest BCUT2D eigenvalue weighted by atomic mass is 10.2. The Bertz CT molecular complexity index is 623. The van der Waals surface area contributed by atoms with E-state index in [1.807, 2.05) is 6.92 Å². The molecule has 0 aliphatic carbocycles. The third-order valence-corrected chi connectivity index (χ3v) is 4.80. The zero-order valence-electron chi connectivity index (χ0n) is 13.4. The quantitative estimate of drug-likeness (QED) is 0.877. The Hall–Kier alpha value is -1.30.